The monoisotopic (exact) mass is 321 g/mol. The highest BCUT2D eigenvalue weighted by Crippen LogP contribution is 2.14. The van der Waals surface area contributed by atoms with E-state index in [-0.39, 0.29) is 12.5 Å². The second-order valence-corrected chi connectivity index (χ2v) is 5.86. The molecule has 0 radical (unpaired) electrons. The molecular formula is C17H27N3O3. The Morgan fingerprint density at radius 1 is 1.17 bits per heavy atom. The first kappa shape index (κ1) is 17.7. The molecule has 1 amide bonds. The first-order chi connectivity index (χ1) is 11.1. The van der Waals surface area contributed by atoms with Gasteiger partial charge < -0.3 is 20.1 Å². The van der Waals surface area contributed by atoms with Crippen molar-refractivity contribution in [3.05, 3.63) is 29.8 Å². The third kappa shape index (κ3) is 5.20. The van der Waals surface area contributed by atoms with E-state index >= 15 is 0 Å². The minimum absolute atomic E-state index is 0.0156. The zero-order chi connectivity index (χ0) is 16.7. The van der Waals surface area contributed by atoms with Gasteiger partial charge in [-0.2, -0.15) is 0 Å². The van der Waals surface area contributed by atoms with Gasteiger partial charge in [0.1, 0.15) is 11.8 Å². The third-order valence-corrected chi connectivity index (χ3v) is 4.13. The Bertz CT molecular complexity index is 492. The van der Waals surface area contributed by atoms with Crippen molar-refractivity contribution >= 4 is 5.91 Å². The minimum atomic E-state index is -0.562. The fourth-order valence-corrected chi connectivity index (χ4v) is 2.82. The minimum Gasteiger partial charge on any atom is -0.497 e. The van der Waals surface area contributed by atoms with Gasteiger partial charge in [0.15, 0.2) is 0 Å². The molecule has 1 aromatic rings. The molecule has 1 aliphatic rings. The van der Waals surface area contributed by atoms with Crippen molar-refractivity contribution in [1.29, 1.82) is 0 Å². The maximum Gasteiger partial charge on any atom is 0.241 e. The Balaban J connectivity index is 1.86. The maximum absolute atomic E-state index is 12.3. The smallest absolute Gasteiger partial charge is 0.241 e. The Morgan fingerprint density at radius 2 is 1.91 bits per heavy atom. The number of amides is 1. The summed E-state index contributed by atoms with van der Waals surface area (Å²) in [6.45, 7) is 4.47. The molecule has 6 heteroatoms. The van der Waals surface area contributed by atoms with Gasteiger partial charge in [-0.25, -0.2) is 0 Å². The normalized spacial score (nSPS) is 17.6. The van der Waals surface area contributed by atoms with E-state index in [0.29, 0.717) is 6.54 Å². The quantitative estimate of drug-likeness (QED) is 0.835. The highest BCUT2D eigenvalue weighted by Gasteiger charge is 2.23. The lowest BCUT2D eigenvalue weighted by Gasteiger charge is -2.24. The van der Waals surface area contributed by atoms with Gasteiger partial charge in [0.25, 0.3) is 0 Å². The Morgan fingerprint density at radius 3 is 2.57 bits per heavy atom. The van der Waals surface area contributed by atoms with Crippen molar-refractivity contribution in [3.8, 4) is 5.75 Å². The fraction of sp³-hybridized carbons (Fsp3) is 0.588. The van der Waals surface area contributed by atoms with Crippen LogP contribution in [0.1, 0.15) is 12.0 Å². The van der Waals surface area contributed by atoms with Crippen molar-refractivity contribution in [2.75, 3.05) is 47.0 Å². The Hall–Kier alpha value is -1.63. The summed E-state index contributed by atoms with van der Waals surface area (Å²) in [6.07, 6.45) is 0.960. The van der Waals surface area contributed by atoms with Crippen LogP contribution in [0.25, 0.3) is 0 Å². The highest BCUT2D eigenvalue weighted by atomic mass is 16.5. The van der Waals surface area contributed by atoms with Gasteiger partial charge in [-0.05, 0) is 24.1 Å². The van der Waals surface area contributed by atoms with Gasteiger partial charge in [-0.1, -0.05) is 12.1 Å². The van der Waals surface area contributed by atoms with Gasteiger partial charge >= 0.3 is 0 Å². The number of ether oxygens (including phenoxy) is 2. The van der Waals surface area contributed by atoms with E-state index in [9.17, 15) is 4.79 Å². The molecule has 0 aromatic heterocycles. The van der Waals surface area contributed by atoms with Crippen LogP contribution in [0.15, 0.2) is 24.3 Å². The largest absolute Gasteiger partial charge is 0.497 e. The van der Waals surface area contributed by atoms with E-state index in [1.807, 2.05) is 17.0 Å². The van der Waals surface area contributed by atoms with E-state index < -0.39 is 6.04 Å². The number of nitrogens with zero attached hydrogens (tertiary/aromatic N) is 2. The van der Waals surface area contributed by atoms with Crippen LogP contribution < -0.4 is 10.5 Å². The second-order valence-electron chi connectivity index (χ2n) is 5.86. The maximum atomic E-state index is 12.3. The Kier molecular flexibility index (Phi) is 6.83. The zero-order valence-corrected chi connectivity index (χ0v) is 14.0. The summed E-state index contributed by atoms with van der Waals surface area (Å²) in [6, 6.07) is 7.56. The standard InChI is InChI=1S/C17H27N3O3/c1-22-13-16(18)17(21)20-9-3-8-19(10-11-20)12-14-4-6-15(23-2)7-5-14/h4-7,16H,3,8-13,18H2,1-2H3. The molecule has 1 saturated heterocycles. The van der Waals surface area contributed by atoms with Crippen molar-refractivity contribution in [1.82, 2.24) is 9.80 Å². The summed E-state index contributed by atoms with van der Waals surface area (Å²) >= 11 is 0. The van der Waals surface area contributed by atoms with Crippen LogP contribution >= 0.6 is 0 Å². The SMILES string of the molecule is COCC(N)C(=O)N1CCCN(Cc2ccc(OC)cc2)CC1. The van der Waals surface area contributed by atoms with E-state index in [2.05, 4.69) is 17.0 Å². The lowest BCUT2D eigenvalue weighted by Crippen LogP contribution is -2.47. The molecule has 0 aliphatic carbocycles. The first-order valence-electron chi connectivity index (χ1n) is 8.02. The van der Waals surface area contributed by atoms with Crippen molar-refractivity contribution in [3.63, 3.8) is 0 Å². The number of rotatable bonds is 6. The van der Waals surface area contributed by atoms with Crippen LogP contribution in [-0.4, -0.2) is 68.8 Å². The Labute approximate surface area is 138 Å². The van der Waals surface area contributed by atoms with Gasteiger partial charge in [-0.15, -0.1) is 0 Å². The molecular weight excluding hydrogens is 294 g/mol. The molecule has 23 heavy (non-hydrogen) atoms. The number of hydrogen-bond donors (Lipinski definition) is 1. The summed E-state index contributed by atoms with van der Waals surface area (Å²) in [4.78, 5) is 16.5. The van der Waals surface area contributed by atoms with Crippen LogP contribution in [0.3, 0.4) is 0 Å². The van der Waals surface area contributed by atoms with Gasteiger partial charge in [0.2, 0.25) is 5.91 Å². The lowest BCUT2D eigenvalue weighted by molar-refractivity contribution is -0.133. The number of carbonyl (C=O) groups excluding carboxylic acids is 1. The molecule has 0 bridgehead atoms. The molecule has 1 fully saturated rings. The number of methoxy groups -OCH3 is 2. The van der Waals surface area contributed by atoms with Crippen molar-refractivity contribution in [2.45, 2.75) is 19.0 Å². The highest BCUT2D eigenvalue weighted by molar-refractivity contribution is 5.81. The van der Waals surface area contributed by atoms with Crippen LogP contribution in [0.4, 0.5) is 0 Å². The first-order valence-corrected chi connectivity index (χ1v) is 8.02. The predicted octanol–water partition coefficient (Wildman–Crippen LogP) is 0.703. The molecule has 1 aliphatic heterocycles. The van der Waals surface area contributed by atoms with Gasteiger partial charge in [0.05, 0.1) is 13.7 Å². The van der Waals surface area contributed by atoms with E-state index in [4.69, 9.17) is 15.2 Å². The van der Waals surface area contributed by atoms with Gasteiger partial charge in [0, 0.05) is 39.8 Å². The molecule has 2 rings (SSSR count). The van der Waals surface area contributed by atoms with E-state index in [1.165, 1.54) is 5.56 Å². The predicted molar refractivity (Wildman–Crippen MR) is 89.3 cm³/mol. The number of benzene rings is 1. The third-order valence-electron chi connectivity index (χ3n) is 4.13. The molecule has 1 aromatic carbocycles. The topological polar surface area (TPSA) is 68.0 Å². The molecule has 1 heterocycles. The summed E-state index contributed by atoms with van der Waals surface area (Å²) in [5, 5.41) is 0. The summed E-state index contributed by atoms with van der Waals surface area (Å²) < 4.78 is 10.2. The molecule has 2 N–H and O–H groups in total. The summed E-state index contributed by atoms with van der Waals surface area (Å²) in [5.41, 5.74) is 7.11. The van der Waals surface area contributed by atoms with Crippen molar-refractivity contribution < 1.29 is 14.3 Å². The van der Waals surface area contributed by atoms with Crippen LogP contribution in [0.2, 0.25) is 0 Å². The summed E-state index contributed by atoms with van der Waals surface area (Å²) in [5.74, 6) is 0.853. The lowest BCUT2D eigenvalue weighted by atomic mass is 10.2. The second kappa shape index (κ2) is 8.86. The average molecular weight is 321 g/mol. The van der Waals surface area contributed by atoms with E-state index in [1.54, 1.807) is 14.2 Å². The van der Waals surface area contributed by atoms with Crippen LogP contribution in [0.5, 0.6) is 5.75 Å². The zero-order valence-electron chi connectivity index (χ0n) is 14.0. The molecule has 1 atom stereocenters. The summed E-state index contributed by atoms with van der Waals surface area (Å²) in [7, 11) is 3.23. The number of hydrogen-bond acceptors (Lipinski definition) is 5. The average Bonchev–Trinajstić information content (AvgIpc) is 2.80. The van der Waals surface area contributed by atoms with Crippen LogP contribution in [-0.2, 0) is 16.1 Å². The van der Waals surface area contributed by atoms with Gasteiger partial charge in [-0.3, -0.25) is 9.69 Å². The number of nitrogens with two attached hydrogens (primary N) is 1. The van der Waals surface area contributed by atoms with E-state index in [0.717, 1.165) is 38.3 Å². The molecule has 0 spiro atoms. The van der Waals surface area contributed by atoms with Crippen LogP contribution in [0, 0.1) is 0 Å². The molecule has 1 unspecified atom stereocenters. The van der Waals surface area contributed by atoms with Crippen molar-refractivity contribution in [2.24, 2.45) is 5.73 Å². The molecule has 128 valence electrons. The molecule has 0 saturated carbocycles. The number of carbonyl (C=O) groups is 1. The molecule has 6 nitrogen and oxygen atoms in total. The fourth-order valence-electron chi connectivity index (χ4n) is 2.82.